The van der Waals surface area contributed by atoms with Crippen LogP contribution in [0.1, 0.15) is 41.3 Å². The number of amides is 1. The first-order chi connectivity index (χ1) is 15.1. The number of carbonyl (C=O) groups excluding carboxylic acids is 1. The van der Waals surface area contributed by atoms with Gasteiger partial charge in [0.1, 0.15) is 5.82 Å². The Morgan fingerprint density at radius 3 is 2.66 bits per heavy atom. The van der Waals surface area contributed by atoms with E-state index in [1.54, 1.807) is 7.05 Å². The Balaban J connectivity index is 0.00000363. The van der Waals surface area contributed by atoms with E-state index in [1.807, 2.05) is 30.5 Å². The van der Waals surface area contributed by atoms with Crippen LogP contribution in [0.15, 0.2) is 47.6 Å². The van der Waals surface area contributed by atoms with Gasteiger partial charge in [-0.05, 0) is 62.4 Å². The molecule has 0 bridgehead atoms. The van der Waals surface area contributed by atoms with Crippen LogP contribution in [0.2, 0.25) is 0 Å². The van der Waals surface area contributed by atoms with Gasteiger partial charge in [-0.1, -0.05) is 18.2 Å². The highest BCUT2D eigenvalue weighted by Crippen LogP contribution is 2.18. The zero-order valence-electron chi connectivity index (χ0n) is 19.2. The smallest absolute Gasteiger partial charge is 0.251 e. The van der Waals surface area contributed by atoms with Crippen molar-refractivity contribution in [3.8, 4) is 0 Å². The molecule has 0 spiro atoms. The average molecular weight is 550 g/mol. The predicted molar refractivity (Wildman–Crippen MR) is 142 cm³/mol. The highest BCUT2D eigenvalue weighted by atomic mass is 127. The lowest BCUT2D eigenvalue weighted by atomic mass is 10.1. The number of nitrogens with zero attached hydrogens (tertiary/aromatic N) is 3. The third-order valence-corrected chi connectivity index (χ3v) is 5.49. The predicted octanol–water partition coefficient (Wildman–Crippen LogP) is 3.13. The van der Waals surface area contributed by atoms with Crippen molar-refractivity contribution in [2.45, 2.75) is 39.2 Å². The van der Waals surface area contributed by atoms with Gasteiger partial charge in [0.2, 0.25) is 0 Å². The Morgan fingerprint density at radius 2 is 2.00 bits per heavy atom. The Morgan fingerprint density at radius 1 is 1.22 bits per heavy atom. The zero-order chi connectivity index (χ0) is 22.1. The van der Waals surface area contributed by atoms with Crippen molar-refractivity contribution < 1.29 is 4.79 Å². The number of nitrogens with one attached hydrogen (secondary N) is 3. The van der Waals surface area contributed by atoms with Crippen LogP contribution in [0, 0.1) is 6.92 Å². The molecule has 1 aliphatic heterocycles. The standard InChI is InChI=1S/C24H34N6O.HI/c1-4-26-24(27-13-10-19-6-5-7-20(16-19)23(31)25-3)29-21-11-14-30(15-12-21)22-9-8-18(2)17-28-22;/h5-9,16-17,21H,4,10-15H2,1-3H3,(H,25,31)(H2,26,27,29);1H. The zero-order valence-corrected chi connectivity index (χ0v) is 21.6. The van der Waals surface area contributed by atoms with Crippen LogP contribution in [0.3, 0.4) is 0 Å². The van der Waals surface area contributed by atoms with E-state index >= 15 is 0 Å². The molecule has 2 aromatic rings. The van der Waals surface area contributed by atoms with Crippen molar-refractivity contribution in [2.75, 3.05) is 38.1 Å². The van der Waals surface area contributed by atoms with Crippen molar-refractivity contribution in [1.82, 2.24) is 20.9 Å². The molecular formula is C24H35IN6O. The maximum absolute atomic E-state index is 11.8. The van der Waals surface area contributed by atoms with E-state index in [2.05, 4.69) is 51.8 Å². The number of piperidine rings is 1. The Labute approximate surface area is 208 Å². The fourth-order valence-corrected chi connectivity index (χ4v) is 3.72. The minimum atomic E-state index is -0.0625. The molecule has 174 valence electrons. The van der Waals surface area contributed by atoms with Gasteiger partial charge in [0.25, 0.3) is 5.91 Å². The Bertz CT molecular complexity index is 878. The fraction of sp³-hybridized carbons (Fsp3) is 0.458. The summed E-state index contributed by atoms with van der Waals surface area (Å²) in [7, 11) is 1.65. The van der Waals surface area contributed by atoms with Gasteiger partial charge in [-0.15, -0.1) is 24.0 Å². The number of hydrogen-bond acceptors (Lipinski definition) is 4. The molecule has 7 nitrogen and oxygen atoms in total. The molecule has 0 aliphatic carbocycles. The quantitative estimate of drug-likeness (QED) is 0.281. The molecule has 1 amide bonds. The lowest BCUT2D eigenvalue weighted by molar-refractivity contribution is 0.0963. The highest BCUT2D eigenvalue weighted by Gasteiger charge is 2.20. The van der Waals surface area contributed by atoms with Crippen molar-refractivity contribution >= 4 is 41.7 Å². The second-order valence-corrected chi connectivity index (χ2v) is 7.89. The van der Waals surface area contributed by atoms with E-state index in [1.165, 1.54) is 5.56 Å². The first-order valence-electron chi connectivity index (χ1n) is 11.1. The molecular weight excluding hydrogens is 515 g/mol. The minimum Gasteiger partial charge on any atom is -0.357 e. The maximum Gasteiger partial charge on any atom is 0.251 e. The number of anilines is 1. The van der Waals surface area contributed by atoms with Gasteiger partial charge in [-0.25, -0.2) is 4.98 Å². The van der Waals surface area contributed by atoms with Crippen molar-refractivity contribution in [3.05, 3.63) is 59.3 Å². The van der Waals surface area contributed by atoms with Gasteiger partial charge < -0.3 is 20.9 Å². The van der Waals surface area contributed by atoms with E-state index in [-0.39, 0.29) is 29.9 Å². The topological polar surface area (TPSA) is 81.6 Å². The summed E-state index contributed by atoms with van der Waals surface area (Å²) >= 11 is 0. The number of aryl methyl sites for hydroxylation is 1. The summed E-state index contributed by atoms with van der Waals surface area (Å²) in [6.07, 6.45) is 4.82. The van der Waals surface area contributed by atoms with Crippen molar-refractivity contribution in [1.29, 1.82) is 0 Å². The number of pyridine rings is 1. The summed E-state index contributed by atoms with van der Waals surface area (Å²) in [4.78, 5) is 23.5. The fourth-order valence-electron chi connectivity index (χ4n) is 3.72. The van der Waals surface area contributed by atoms with E-state index in [4.69, 9.17) is 4.99 Å². The largest absolute Gasteiger partial charge is 0.357 e. The summed E-state index contributed by atoms with van der Waals surface area (Å²) in [6.45, 7) is 7.60. The molecule has 1 saturated heterocycles. The first kappa shape index (κ1) is 25.9. The minimum absolute atomic E-state index is 0. The van der Waals surface area contributed by atoms with Crippen LogP contribution < -0.4 is 20.9 Å². The van der Waals surface area contributed by atoms with Crippen molar-refractivity contribution in [3.63, 3.8) is 0 Å². The van der Waals surface area contributed by atoms with Crippen LogP contribution in [-0.2, 0) is 6.42 Å². The van der Waals surface area contributed by atoms with Crippen LogP contribution in [0.4, 0.5) is 5.82 Å². The van der Waals surface area contributed by atoms with E-state index < -0.39 is 0 Å². The van der Waals surface area contributed by atoms with Crippen LogP contribution in [0.5, 0.6) is 0 Å². The number of guanidine groups is 1. The SMILES string of the molecule is CCNC(=NCCc1cccc(C(=O)NC)c1)NC1CCN(c2ccc(C)cn2)CC1.I. The van der Waals surface area contributed by atoms with E-state index in [0.29, 0.717) is 18.2 Å². The summed E-state index contributed by atoms with van der Waals surface area (Å²) in [6, 6.07) is 12.3. The van der Waals surface area contributed by atoms with E-state index in [9.17, 15) is 4.79 Å². The molecule has 0 saturated carbocycles. The Hall–Kier alpha value is -2.36. The molecule has 8 heteroatoms. The van der Waals surface area contributed by atoms with Gasteiger partial charge in [0.15, 0.2) is 5.96 Å². The van der Waals surface area contributed by atoms with Crippen LogP contribution in [0.25, 0.3) is 0 Å². The van der Waals surface area contributed by atoms with Gasteiger partial charge in [-0.3, -0.25) is 9.79 Å². The summed E-state index contributed by atoms with van der Waals surface area (Å²) in [5.41, 5.74) is 2.98. The van der Waals surface area contributed by atoms with Crippen LogP contribution in [-0.4, -0.2) is 56.1 Å². The molecule has 1 aliphatic rings. The third kappa shape index (κ3) is 7.65. The normalized spacial score (nSPS) is 14.5. The number of benzene rings is 1. The molecule has 32 heavy (non-hydrogen) atoms. The second kappa shape index (κ2) is 13.2. The molecule has 2 heterocycles. The summed E-state index contributed by atoms with van der Waals surface area (Å²) in [5.74, 6) is 1.85. The summed E-state index contributed by atoms with van der Waals surface area (Å²) in [5, 5.41) is 9.61. The van der Waals surface area contributed by atoms with Gasteiger partial charge in [-0.2, -0.15) is 0 Å². The molecule has 3 N–H and O–H groups in total. The average Bonchev–Trinajstić information content (AvgIpc) is 2.80. The summed E-state index contributed by atoms with van der Waals surface area (Å²) < 4.78 is 0. The number of aromatic nitrogens is 1. The molecule has 1 aromatic carbocycles. The lowest BCUT2D eigenvalue weighted by Crippen LogP contribution is -2.49. The number of hydrogen-bond donors (Lipinski definition) is 3. The molecule has 3 rings (SSSR count). The van der Waals surface area contributed by atoms with Gasteiger partial charge in [0, 0.05) is 51.0 Å². The van der Waals surface area contributed by atoms with Gasteiger partial charge in [0.05, 0.1) is 0 Å². The monoisotopic (exact) mass is 550 g/mol. The molecule has 0 atom stereocenters. The third-order valence-electron chi connectivity index (χ3n) is 5.49. The van der Waals surface area contributed by atoms with Crippen molar-refractivity contribution in [2.24, 2.45) is 4.99 Å². The number of halogens is 1. The number of aliphatic imine (C=N–C) groups is 1. The molecule has 1 aromatic heterocycles. The maximum atomic E-state index is 11.8. The molecule has 0 unspecified atom stereocenters. The number of rotatable bonds is 7. The molecule has 1 fully saturated rings. The van der Waals surface area contributed by atoms with Crippen LogP contribution >= 0.6 is 24.0 Å². The Kier molecular flexibility index (Phi) is 10.7. The number of carbonyl (C=O) groups is 1. The highest BCUT2D eigenvalue weighted by molar-refractivity contribution is 14.0. The van der Waals surface area contributed by atoms with E-state index in [0.717, 1.165) is 56.2 Å². The molecule has 0 radical (unpaired) electrons. The lowest BCUT2D eigenvalue weighted by Gasteiger charge is -2.33. The first-order valence-corrected chi connectivity index (χ1v) is 11.1. The van der Waals surface area contributed by atoms with Gasteiger partial charge >= 0.3 is 0 Å². The second-order valence-electron chi connectivity index (χ2n) is 7.89.